The lowest BCUT2D eigenvalue weighted by Gasteiger charge is -2.19. The predicted octanol–water partition coefficient (Wildman–Crippen LogP) is 4.11. The average Bonchev–Trinajstić information content (AvgIpc) is 2.83. The molecular weight excluding hydrogens is 266 g/mol. The fourth-order valence-corrected chi connectivity index (χ4v) is 2.67. The summed E-state index contributed by atoms with van der Waals surface area (Å²) in [7, 11) is 2.06. The summed E-state index contributed by atoms with van der Waals surface area (Å²) < 4.78 is 0. The summed E-state index contributed by atoms with van der Waals surface area (Å²) in [5.74, 6) is 0. The van der Waals surface area contributed by atoms with E-state index < -0.39 is 0 Å². The van der Waals surface area contributed by atoms with Crippen molar-refractivity contribution in [2.24, 2.45) is 0 Å². The third-order valence-corrected chi connectivity index (χ3v) is 4.08. The van der Waals surface area contributed by atoms with Gasteiger partial charge in [0, 0.05) is 35.9 Å². The predicted molar refractivity (Wildman–Crippen MR) is 87.9 cm³/mol. The molecule has 1 aromatic heterocycles. The number of hydrogen-bond donors (Lipinski definition) is 1. The molecule has 4 heteroatoms. The number of anilines is 2. The molecule has 0 aliphatic rings. The maximum atomic E-state index is 4.53. The van der Waals surface area contributed by atoms with Crippen molar-refractivity contribution in [3.8, 4) is 0 Å². The number of rotatable bonds is 4. The zero-order valence-electron chi connectivity index (χ0n) is 12.9. The van der Waals surface area contributed by atoms with Crippen molar-refractivity contribution in [2.45, 2.75) is 39.8 Å². The Bertz CT molecular complexity index is 569. The largest absolute Gasteiger partial charge is 0.321 e. The van der Waals surface area contributed by atoms with Gasteiger partial charge in [0.1, 0.15) is 0 Å². The molecule has 0 saturated carbocycles. The van der Waals surface area contributed by atoms with Gasteiger partial charge in [-0.1, -0.05) is 12.1 Å². The van der Waals surface area contributed by atoms with E-state index in [0.29, 0.717) is 0 Å². The zero-order chi connectivity index (χ0) is 14.8. The van der Waals surface area contributed by atoms with Gasteiger partial charge in [0.25, 0.3) is 0 Å². The van der Waals surface area contributed by atoms with Crippen LogP contribution in [0.4, 0.5) is 10.8 Å². The molecule has 0 amide bonds. The molecule has 1 N–H and O–H groups in total. The highest BCUT2D eigenvalue weighted by atomic mass is 32.1. The fourth-order valence-electron chi connectivity index (χ4n) is 1.83. The minimum atomic E-state index is 0.132. The first-order valence-corrected chi connectivity index (χ1v) is 7.67. The molecule has 0 spiro atoms. The highest BCUT2D eigenvalue weighted by molar-refractivity contribution is 7.15. The minimum absolute atomic E-state index is 0.132. The summed E-state index contributed by atoms with van der Waals surface area (Å²) >= 11 is 1.73. The highest BCUT2D eigenvalue weighted by Gasteiger charge is 2.12. The van der Waals surface area contributed by atoms with Crippen LogP contribution < -0.4 is 10.2 Å². The number of nitrogens with zero attached hydrogens (tertiary/aromatic N) is 2. The topological polar surface area (TPSA) is 28.2 Å². The van der Waals surface area contributed by atoms with E-state index in [4.69, 9.17) is 0 Å². The van der Waals surface area contributed by atoms with Crippen molar-refractivity contribution in [3.63, 3.8) is 0 Å². The first kappa shape index (κ1) is 15.0. The van der Waals surface area contributed by atoms with Gasteiger partial charge in [-0.05, 0) is 45.4 Å². The summed E-state index contributed by atoms with van der Waals surface area (Å²) in [4.78, 5) is 7.92. The summed E-state index contributed by atoms with van der Waals surface area (Å²) in [5, 5.41) is 4.52. The normalized spacial score (nSPS) is 11.7. The number of thiazole rings is 1. The molecule has 2 aromatic rings. The summed E-state index contributed by atoms with van der Waals surface area (Å²) in [6.07, 6.45) is 1.96. The first-order chi connectivity index (χ1) is 9.35. The van der Waals surface area contributed by atoms with Crippen LogP contribution in [0, 0.1) is 6.92 Å². The van der Waals surface area contributed by atoms with E-state index in [1.807, 2.05) is 6.20 Å². The van der Waals surface area contributed by atoms with Gasteiger partial charge in [-0.3, -0.25) is 0 Å². The van der Waals surface area contributed by atoms with E-state index in [0.717, 1.165) is 11.7 Å². The summed E-state index contributed by atoms with van der Waals surface area (Å²) in [6, 6.07) is 8.48. The molecule has 0 atom stereocenters. The van der Waals surface area contributed by atoms with Gasteiger partial charge in [-0.2, -0.15) is 0 Å². The molecule has 0 aliphatic heterocycles. The average molecular weight is 289 g/mol. The van der Waals surface area contributed by atoms with E-state index >= 15 is 0 Å². The monoisotopic (exact) mass is 289 g/mol. The van der Waals surface area contributed by atoms with Gasteiger partial charge in [0.2, 0.25) is 0 Å². The molecule has 3 nitrogen and oxygen atoms in total. The van der Waals surface area contributed by atoms with Gasteiger partial charge in [-0.15, -0.1) is 11.3 Å². The van der Waals surface area contributed by atoms with Crippen LogP contribution in [0.15, 0.2) is 30.5 Å². The lowest BCUT2D eigenvalue weighted by molar-refractivity contribution is 0.426. The van der Waals surface area contributed by atoms with Crippen molar-refractivity contribution in [3.05, 3.63) is 40.9 Å². The van der Waals surface area contributed by atoms with Crippen LogP contribution in [0.5, 0.6) is 0 Å². The van der Waals surface area contributed by atoms with Gasteiger partial charge < -0.3 is 10.2 Å². The van der Waals surface area contributed by atoms with E-state index in [-0.39, 0.29) is 5.54 Å². The third-order valence-electron chi connectivity index (χ3n) is 3.01. The van der Waals surface area contributed by atoms with Crippen molar-refractivity contribution < 1.29 is 0 Å². The molecule has 2 rings (SSSR count). The smallest absolute Gasteiger partial charge is 0.189 e. The lowest BCUT2D eigenvalue weighted by Crippen LogP contribution is -2.34. The standard InChI is InChI=1S/C16H23N3S/c1-12-7-6-8-13(9-12)19(5)15-17-10-14(20-15)11-18-16(2,3)4/h6-10,18H,11H2,1-5H3. The van der Waals surface area contributed by atoms with Crippen LogP contribution in [0.1, 0.15) is 31.2 Å². The molecule has 0 radical (unpaired) electrons. The second kappa shape index (κ2) is 5.94. The molecule has 1 aromatic carbocycles. The Kier molecular flexibility index (Phi) is 4.45. The second-order valence-corrected chi connectivity index (χ2v) is 7.20. The van der Waals surface area contributed by atoms with Crippen LogP contribution in [0.3, 0.4) is 0 Å². The van der Waals surface area contributed by atoms with Crippen molar-refractivity contribution in [2.75, 3.05) is 11.9 Å². The second-order valence-electron chi connectivity index (χ2n) is 6.11. The van der Waals surface area contributed by atoms with Crippen LogP contribution in [0.25, 0.3) is 0 Å². The Labute approximate surface area is 125 Å². The highest BCUT2D eigenvalue weighted by Crippen LogP contribution is 2.28. The van der Waals surface area contributed by atoms with Crippen LogP contribution in [0.2, 0.25) is 0 Å². The number of aryl methyl sites for hydroxylation is 1. The van der Waals surface area contributed by atoms with E-state index in [9.17, 15) is 0 Å². The SMILES string of the molecule is Cc1cccc(N(C)c2ncc(CNC(C)(C)C)s2)c1. The molecule has 1 heterocycles. The Hall–Kier alpha value is -1.39. The maximum absolute atomic E-state index is 4.53. The molecule has 0 unspecified atom stereocenters. The quantitative estimate of drug-likeness (QED) is 0.918. The number of benzene rings is 1. The van der Waals surface area contributed by atoms with Gasteiger partial charge in [0.05, 0.1) is 0 Å². The van der Waals surface area contributed by atoms with Crippen molar-refractivity contribution in [1.82, 2.24) is 10.3 Å². The number of aromatic nitrogens is 1. The Morgan fingerprint density at radius 2 is 2.05 bits per heavy atom. The molecule has 20 heavy (non-hydrogen) atoms. The van der Waals surface area contributed by atoms with Crippen LogP contribution in [-0.4, -0.2) is 17.6 Å². The Morgan fingerprint density at radius 3 is 2.70 bits per heavy atom. The van der Waals surface area contributed by atoms with E-state index in [2.05, 4.69) is 74.2 Å². The zero-order valence-corrected chi connectivity index (χ0v) is 13.7. The van der Waals surface area contributed by atoms with Crippen molar-refractivity contribution >= 4 is 22.2 Å². The van der Waals surface area contributed by atoms with Gasteiger partial charge in [0.15, 0.2) is 5.13 Å². The Balaban J connectivity index is 2.08. The van der Waals surface area contributed by atoms with Crippen molar-refractivity contribution in [1.29, 1.82) is 0 Å². The minimum Gasteiger partial charge on any atom is -0.321 e. The van der Waals surface area contributed by atoms with Crippen LogP contribution in [-0.2, 0) is 6.54 Å². The third kappa shape index (κ3) is 4.05. The number of nitrogens with one attached hydrogen (secondary N) is 1. The molecule has 0 bridgehead atoms. The first-order valence-electron chi connectivity index (χ1n) is 6.85. The van der Waals surface area contributed by atoms with Gasteiger partial charge >= 0.3 is 0 Å². The molecular formula is C16H23N3S. The Morgan fingerprint density at radius 1 is 1.30 bits per heavy atom. The maximum Gasteiger partial charge on any atom is 0.189 e. The molecule has 108 valence electrons. The summed E-state index contributed by atoms with van der Waals surface area (Å²) in [5.41, 5.74) is 2.57. The molecule has 0 aliphatic carbocycles. The molecule has 0 saturated heterocycles. The lowest BCUT2D eigenvalue weighted by atomic mass is 10.1. The van der Waals surface area contributed by atoms with Gasteiger partial charge in [-0.25, -0.2) is 4.98 Å². The van der Waals surface area contributed by atoms with E-state index in [1.165, 1.54) is 16.1 Å². The fraction of sp³-hybridized carbons (Fsp3) is 0.438. The van der Waals surface area contributed by atoms with Crippen LogP contribution >= 0.6 is 11.3 Å². The molecule has 0 fully saturated rings. The van der Waals surface area contributed by atoms with E-state index in [1.54, 1.807) is 11.3 Å². The summed E-state index contributed by atoms with van der Waals surface area (Å²) in [6.45, 7) is 9.50. The number of hydrogen-bond acceptors (Lipinski definition) is 4.